The molecular weight excluding hydrogens is 428 g/mol. The number of methoxy groups -OCH3 is 1. The van der Waals surface area contributed by atoms with E-state index < -0.39 is 5.41 Å². The van der Waals surface area contributed by atoms with Gasteiger partial charge in [0, 0.05) is 0 Å². The zero-order valence-electron chi connectivity index (χ0n) is 19.3. The molecule has 5 aromatic rings. The van der Waals surface area contributed by atoms with E-state index in [4.69, 9.17) is 4.74 Å². The van der Waals surface area contributed by atoms with Crippen LogP contribution in [0.1, 0.15) is 32.6 Å². The molecule has 0 unspecified atom stereocenters. The lowest BCUT2D eigenvalue weighted by Gasteiger charge is -2.30. The summed E-state index contributed by atoms with van der Waals surface area (Å²) in [5.74, 6) is -0.323. The first-order valence-corrected chi connectivity index (χ1v) is 11.9. The fourth-order valence-corrected chi connectivity index (χ4v) is 6.37. The molecule has 166 valence electrons. The lowest BCUT2D eigenvalue weighted by molar-refractivity contribution is 0.0601. The van der Waals surface area contributed by atoms with Crippen molar-refractivity contribution in [2.45, 2.75) is 5.41 Å². The van der Waals surface area contributed by atoms with Crippen LogP contribution in [0.3, 0.4) is 0 Å². The Hall–Kier alpha value is -4.43. The molecule has 0 heterocycles. The number of ether oxygens (including phenoxy) is 1. The van der Waals surface area contributed by atoms with Gasteiger partial charge in [0.15, 0.2) is 0 Å². The van der Waals surface area contributed by atoms with E-state index in [0.717, 1.165) is 11.1 Å². The predicted molar refractivity (Wildman–Crippen MR) is 140 cm³/mol. The molecule has 0 bridgehead atoms. The quantitative estimate of drug-likeness (QED) is 0.255. The van der Waals surface area contributed by atoms with Crippen LogP contribution >= 0.6 is 0 Å². The van der Waals surface area contributed by atoms with E-state index in [1.807, 2.05) is 24.3 Å². The number of rotatable bonds is 2. The molecule has 1 spiro atoms. The largest absolute Gasteiger partial charge is 0.465 e. The molecule has 0 radical (unpaired) electrons. The van der Waals surface area contributed by atoms with Gasteiger partial charge in [-0.05, 0) is 61.7 Å². The van der Waals surface area contributed by atoms with Crippen LogP contribution in [0.5, 0.6) is 0 Å². The van der Waals surface area contributed by atoms with Gasteiger partial charge >= 0.3 is 5.97 Å². The maximum atomic E-state index is 12.7. The van der Waals surface area contributed by atoms with Crippen LogP contribution in [-0.4, -0.2) is 13.1 Å². The molecular formula is C33H22O2. The van der Waals surface area contributed by atoms with E-state index >= 15 is 0 Å². The third-order valence-electron chi connectivity index (χ3n) is 7.64. The highest BCUT2D eigenvalue weighted by Crippen LogP contribution is 2.63. The maximum Gasteiger partial charge on any atom is 0.338 e. The van der Waals surface area contributed by atoms with E-state index in [-0.39, 0.29) is 5.97 Å². The number of carbonyl (C=O) groups is 1. The number of esters is 1. The van der Waals surface area contributed by atoms with Gasteiger partial charge in [-0.25, -0.2) is 4.79 Å². The number of hydrogen-bond donors (Lipinski definition) is 0. The molecule has 0 saturated heterocycles. The Bertz CT molecular complexity index is 1610. The van der Waals surface area contributed by atoms with E-state index in [9.17, 15) is 4.79 Å². The number of carbonyl (C=O) groups excluding carboxylic acids is 1. The van der Waals surface area contributed by atoms with Gasteiger partial charge in [0.25, 0.3) is 0 Å². The number of fused-ring (bicyclic) bond motifs is 10. The van der Waals surface area contributed by atoms with Crippen molar-refractivity contribution in [2.24, 2.45) is 0 Å². The van der Waals surface area contributed by atoms with Gasteiger partial charge in [-0.15, -0.1) is 0 Å². The average molecular weight is 451 g/mol. The fourth-order valence-electron chi connectivity index (χ4n) is 6.37. The van der Waals surface area contributed by atoms with Crippen molar-refractivity contribution in [3.8, 4) is 33.4 Å². The van der Waals surface area contributed by atoms with Crippen LogP contribution in [0.25, 0.3) is 33.4 Å². The Balaban J connectivity index is 1.64. The van der Waals surface area contributed by atoms with Crippen molar-refractivity contribution in [3.05, 3.63) is 143 Å². The smallest absolute Gasteiger partial charge is 0.338 e. The molecule has 0 aliphatic heterocycles. The minimum Gasteiger partial charge on any atom is -0.465 e. The van der Waals surface area contributed by atoms with Gasteiger partial charge in [0.2, 0.25) is 0 Å². The van der Waals surface area contributed by atoms with Crippen LogP contribution in [-0.2, 0) is 10.2 Å². The van der Waals surface area contributed by atoms with Gasteiger partial charge in [-0.3, -0.25) is 0 Å². The predicted octanol–water partition coefficient (Wildman–Crippen LogP) is 7.48. The second-order valence-corrected chi connectivity index (χ2v) is 9.15. The minimum atomic E-state index is -0.394. The first-order chi connectivity index (χ1) is 17.3. The van der Waals surface area contributed by atoms with Crippen molar-refractivity contribution >= 4 is 5.97 Å². The van der Waals surface area contributed by atoms with Crippen LogP contribution < -0.4 is 0 Å². The van der Waals surface area contributed by atoms with E-state index in [0.29, 0.717) is 5.56 Å². The SMILES string of the molecule is COC(=O)c1ccccc1-c1cccc2c1-c1ccccc1C21c2ccccc2-c2ccccc21. The van der Waals surface area contributed by atoms with Crippen molar-refractivity contribution in [1.29, 1.82) is 0 Å². The van der Waals surface area contributed by atoms with Gasteiger partial charge in [0.1, 0.15) is 0 Å². The first kappa shape index (κ1) is 20.0. The van der Waals surface area contributed by atoms with Crippen molar-refractivity contribution in [1.82, 2.24) is 0 Å². The van der Waals surface area contributed by atoms with Crippen molar-refractivity contribution in [2.75, 3.05) is 7.11 Å². The molecule has 0 N–H and O–H groups in total. The Labute approximate surface area is 204 Å². The highest BCUT2D eigenvalue weighted by atomic mass is 16.5. The van der Waals surface area contributed by atoms with Crippen LogP contribution in [0.4, 0.5) is 0 Å². The van der Waals surface area contributed by atoms with Gasteiger partial charge < -0.3 is 4.74 Å². The summed E-state index contributed by atoms with van der Waals surface area (Å²) in [6.07, 6.45) is 0. The van der Waals surface area contributed by atoms with E-state index in [1.54, 1.807) is 0 Å². The summed E-state index contributed by atoms with van der Waals surface area (Å²) in [7, 11) is 1.44. The molecule has 0 amide bonds. The summed E-state index contributed by atoms with van der Waals surface area (Å²) in [4.78, 5) is 12.7. The van der Waals surface area contributed by atoms with Gasteiger partial charge in [-0.2, -0.15) is 0 Å². The summed E-state index contributed by atoms with van der Waals surface area (Å²) in [6, 6.07) is 40.5. The van der Waals surface area contributed by atoms with Gasteiger partial charge in [-0.1, -0.05) is 109 Å². The molecule has 0 atom stereocenters. The fraction of sp³-hybridized carbons (Fsp3) is 0.0606. The summed E-state index contributed by atoms with van der Waals surface area (Å²) >= 11 is 0. The summed E-state index contributed by atoms with van der Waals surface area (Å²) in [5, 5.41) is 0. The molecule has 0 fully saturated rings. The van der Waals surface area contributed by atoms with Crippen LogP contribution in [0.15, 0.2) is 115 Å². The third-order valence-corrected chi connectivity index (χ3v) is 7.64. The number of hydrogen-bond acceptors (Lipinski definition) is 2. The number of benzene rings is 5. The lowest BCUT2D eigenvalue weighted by Crippen LogP contribution is -2.25. The summed E-state index contributed by atoms with van der Waals surface area (Å²) in [5.41, 5.74) is 12.3. The third kappa shape index (κ3) is 2.46. The molecule has 2 nitrogen and oxygen atoms in total. The molecule has 5 aromatic carbocycles. The monoisotopic (exact) mass is 450 g/mol. The zero-order chi connectivity index (χ0) is 23.6. The average Bonchev–Trinajstić information content (AvgIpc) is 3.40. The minimum absolute atomic E-state index is 0.323. The molecule has 2 aliphatic carbocycles. The highest BCUT2D eigenvalue weighted by molar-refractivity contribution is 6.04. The molecule has 35 heavy (non-hydrogen) atoms. The second kappa shape index (κ2) is 7.28. The first-order valence-electron chi connectivity index (χ1n) is 11.9. The van der Waals surface area contributed by atoms with Crippen LogP contribution in [0.2, 0.25) is 0 Å². The Morgan fingerprint density at radius 1 is 0.514 bits per heavy atom. The van der Waals surface area contributed by atoms with E-state index in [1.165, 1.54) is 51.6 Å². The second-order valence-electron chi connectivity index (χ2n) is 9.15. The zero-order valence-corrected chi connectivity index (χ0v) is 19.3. The standard InChI is InChI=1S/C33H22O2/c1-35-32(34)25-14-3-2-11-21(25)24-16-10-20-30-31(24)26-15-6-9-19-29(26)33(30)27-17-7-4-12-22(27)23-13-5-8-18-28(23)33/h2-20H,1H3. The molecule has 0 aromatic heterocycles. The topological polar surface area (TPSA) is 26.3 Å². The maximum absolute atomic E-state index is 12.7. The molecule has 2 heteroatoms. The molecule has 0 saturated carbocycles. The Morgan fingerprint density at radius 3 is 1.60 bits per heavy atom. The molecule has 2 aliphatic rings. The summed E-state index contributed by atoms with van der Waals surface area (Å²) in [6.45, 7) is 0. The molecule has 7 rings (SSSR count). The Kier molecular flexibility index (Phi) is 4.16. The van der Waals surface area contributed by atoms with Crippen molar-refractivity contribution < 1.29 is 9.53 Å². The lowest BCUT2D eigenvalue weighted by atomic mass is 9.70. The highest BCUT2D eigenvalue weighted by Gasteiger charge is 2.51. The Morgan fingerprint density at radius 2 is 0.971 bits per heavy atom. The van der Waals surface area contributed by atoms with Crippen molar-refractivity contribution in [3.63, 3.8) is 0 Å². The van der Waals surface area contributed by atoms with Crippen LogP contribution in [0, 0.1) is 0 Å². The van der Waals surface area contributed by atoms with E-state index in [2.05, 4.69) is 91.0 Å². The van der Waals surface area contributed by atoms with Gasteiger partial charge in [0.05, 0.1) is 18.1 Å². The summed E-state index contributed by atoms with van der Waals surface area (Å²) < 4.78 is 5.13. The normalized spacial score (nSPS) is 13.6.